The molecule has 0 unspecified atom stereocenters. The molecule has 0 aliphatic heterocycles. The normalized spacial score (nSPS) is 10.4. The molecule has 2 aromatic carbocycles. The van der Waals surface area contributed by atoms with Crippen LogP contribution in [-0.2, 0) is 6.42 Å². The van der Waals surface area contributed by atoms with Crippen LogP contribution in [0.3, 0.4) is 0 Å². The highest BCUT2D eigenvalue weighted by Gasteiger charge is 2.11. The molecule has 0 radical (unpaired) electrons. The van der Waals surface area contributed by atoms with Gasteiger partial charge in [0.25, 0.3) is 0 Å². The lowest BCUT2D eigenvalue weighted by Gasteiger charge is -2.08. The van der Waals surface area contributed by atoms with E-state index < -0.39 is 0 Å². The number of carbonyl (C=O) groups excluding carboxylic acids is 1. The van der Waals surface area contributed by atoms with Crippen LogP contribution in [-0.4, -0.2) is 5.78 Å². The van der Waals surface area contributed by atoms with Gasteiger partial charge in [-0.1, -0.05) is 66.2 Å². The van der Waals surface area contributed by atoms with E-state index in [2.05, 4.69) is 0 Å². The van der Waals surface area contributed by atoms with Crippen molar-refractivity contribution in [3.63, 3.8) is 0 Å². The first-order valence-corrected chi connectivity index (χ1v) is 7.57. The molecule has 3 nitrogen and oxygen atoms in total. The second-order valence-electron chi connectivity index (χ2n) is 4.94. The molecule has 2 rings (SSSR count). The molecule has 0 saturated heterocycles. The zero-order valence-corrected chi connectivity index (χ0v) is 13.5. The number of hydrogen-bond donors (Lipinski definition) is 0. The molecule has 0 N–H and O–H groups in total. The van der Waals surface area contributed by atoms with Gasteiger partial charge in [0.1, 0.15) is 17.7 Å². The lowest BCUT2D eigenvalue weighted by Crippen LogP contribution is -2.05. The van der Waals surface area contributed by atoms with E-state index in [9.17, 15) is 4.79 Å². The van der Waals surface area contributed by atoms with Crippen LogP contribution < -0.4 is 0 Å². The largest absolute Gasteiger partial charge is 0.294 e. The molecule has 0 aromatic heterocycles. The number of rotatable bonds is 5. The minimum absolute atomic E-state index is 0.00204. The van der Waals surface area contributed by atoms with Crippen LogP contribution in [0, 0.1) is 22.7 Å². The Morgan fingerprint density at radius 2 is 1.58 bits per heavy atom. The van der Waals surface area contributed by atoms with Gasteiger partial charge in [-0.05, 0) is 23.3 Å². The quantitative estimate of drug-likeness (QED) is 0.454. The van der Waals surface area contributed by atoms with Crippen LogP contribution >= 0.6 is 11.6 Å². The highest BCUT2D eigenvalue weighted by Crippen LogP contribution is 2.24. The maximum Gasteiger partial charge on any atom is 0.167 e. The van der Waals surface area contributed by atoms with Gasteiger partial charge in [0.15, 0.2) is 5.78 Å². The molecule has 0 amide bonds. The number of halogens is 1. The lowest BCUT2D eigenvalue weighted by molar-refractivity contribution is 0.0993. The van der Waals surface area contributed by atoms with Gasteiger partial charge >= 0.3 is 0 Å². The topological polar surface area (TPSA) is 64.7 Å². The van der Waals surface area contributed by atoms with Crippen molar-refractivity contribution in [3.8, 4) is 12.1 Å². The molecule has 2 aromatic rings. The van der Waals surface area contributed by atoms with E-state index in [1.165, 1.54) is 12.2 Å². The minimum Gasteiger partial charge on any atom is -0.294 e. The van der Waals surface area contributed by atoms with Gasteiger partial charge in [0.2, 0.25) is 0 Å². The van der Waals surface area contributed by atoms with Crippen LogP contribution in [0.25, 0.3) is 5.03 Å². The smallest absolute Gasteiger partial charge is 0.167 e. The predicted octanol–water partition coefficient (Wildman–Crippen LogP) is 4.67. The molecule has 0 atom stereocenters. The van der Waals surface area contributed by atoms with Gasteiger partial charge in [-0.15, -0.1) is 0 Å². The molecule has 24 heavy (non-hydrogen) atoms. The van der Waals surface area contributed by atoms with Crippen molar-refractivity contribution < 1.29 is 4.79 Å². The van der Waals surface area contributed by atoms with Gasteiger partial charge in [0, 0.05) is 17.0 Å². The summed E-state index contributed by atoms with van der Waals surface area (Å²) in [5.74, 6) is -0.00204. The first-order valence-electron chi connectivity index (χ1n) is 7.20. The summed E-state index contributed by atoms with van der Waals surface area (Å²) in [7, 11) is 0. The Hall–Kier alpha value is -3.14. The van der Waals surface area contributed by atoms with Crippen LogP contribution in [0.2, 0.25) is 0 Å². The molecule has 0 aliphatic rings. The number of allylic oxidation sites excluding steroid dienone is 3. The third kappa shape index (κ3) is 4.43. The fourth-order valence-corrected chi connectivity index (χ4v) is 2.40. The number of Topliss-reactive ketones (excluding diaryl/α,β-unsaturated/α-hetero) is 1. The number of benzene rings is 2. The van der Waals surface area contributed by atoms with Crippen molar-refractivity contribution in [2.75, 3.05) is 0 Å². The molecule has 4 heteroatoms. The molecule has 0 bridgehead atoms. The molecule has 0 fully saturated rings. The zero-order chi connectivity index (χ0) is 17.4. The molecule has 0 heterocycles. The summed E-state index contributed by atoms with van der Waals surface area (Å²) < 4.78 is 0. The van der Waals surface area contributed by atoms with Crippen molar-refractivity contribution >= 4 is 22.4 Å². The second-order valence-corrected chi connectivity index (χ2v) is 5.35. The minimum atomic E-state index is -0.0361. The highest BCUT2D eigenvalue weighted by atomic mass is 35.5. The molecular weight excluding hydrogens is 320 g/mol. The highest BCUT2D eigenvalue weighted by molar-refractivity contribution is 6.49. The molecular formula is C20H13ClN2O. The number of hydrogen-bond acceptors (Lipinski definition) is 3. The zero-order valence-electron chi connectivity index (χ0n) is 12.7. The van der Waals surface area contributed by atoms with Crippen LogP contribution in [0.4, 0.5) is 0 Å². The summed E-state index contributed by atoms with van der Waals surface area (Å²) in [6.45, 7) is 0. The van der Waals surface area contributed by atoms with Crippen LogP contribution in [0.5, 0.6) is 0 Å². The Balaban J connectivity index is 2.30. The Bertz CT molecular complexity index is 868. The predicted molar refractivity (Wildman–Crippen MR) is 94.1 cm³/mol. The Kier molecular flexibility index (Phi) is 6.08. The van der Waals surface area contributed by atoms with E-state index in [1.54, 1.807) is 30.3 Å². The standard InChI is InChI=1S/C20H13ClN2O/c21-19(11-10-15(13-22)14-23)18-9-5-4-8-17(18)12-20(24)16-6-2-1-3-7-16/h1-11H,12H2/b19-11-. The third-order valence-electron chi connectivity index (χ3n) is 3.36. The lowest BCUT2D eigenvalue weighted by atomic mass is 9.98. The fourth-order valence-electron chi connectivity index (χ4n) is 2.15. The van der Waals surface area contributed by atoms with Crippen molar-refractivity contribution in [2.24, 2.45) is 0 Å². The molecule has 0 saturated carbocycles. The summed E-state index contributed by atoms with van der Waals surface area (Å²) in [5, 5.41) is 17.9. The van der Waals surface area contributed by atoms with Crippen molar-refractivity contribution in [1.82, 2.24) is 0 Å². The summed E-state index contributed by atoms with van der Waals surface area (Å²) in [4.78, 5) is 12.4. The fraction of sp³-hybridized carbons (Fsp3) is 0.0500. The number of carbonyl (C=O) groups is 1. The Morgan fingerprint density at radius 1 is 0.958 bits per heavy atom. The van der Waals surface area contributed by atoms with Gasteiger partial charge in [-0.3, -0.25) is 4.79 Å². The maximum absolute atomic E-state index is 12.4. The second kappa shape index (κ2) is 8.48. The summed E-state index contributed by atoms with van der Waals surface area (Å²) >= 11 is 6.29. The Morgan fingerprint density at radius 3 is 2.25 bits per heavy atom. The van der Waals surface area contributed by atoms with Crippen molar-refractivity contribution in [2.45, 2.75) is 6.42 Å². The maximum atomic E-state index is 12.4. The van der Waals surface area contributed by atoms with Crippen molar-refractivity contribution in [3.05, 3.63) is 89.0 Å². The van der Waals surface area contributed by atoms with E-state index >= 15 is 0 Å². The van der Waals surface area contributed by atoms with E-state index in [4.69, 9.17) is 22.1 Å². The van der Waals surface area contributed by atoms with E-state index in [0.29, 0.717) is 16.2 Å². The van der Waals surface area contributed by atoms with E-state index in [1.807, 2.05) is 36.4 Å². The van der Waals surface area contributed by atoms with Gasteiger partial charge in [0.05, 0.1) is 0 Å². The number of nitriles is 2. The van der Waals surface area contributed by atoms with Gasteiger partial charge in [-0.2, -0.15) is 10.5 Å². The SMILES string of the molecule is N#CC(C#N)=C/C=C(\Cl)c1ccccc1CC(=O)c1ccccc1. The molecule has 0 aliphatic carbocycles. The number of nitrogens with zero attached hydrogens (tertiary/aromatic N) is 2. The Labute approximate surface area is 145 Å². The van der Waals surface area contributed by atoms with E-state index in [-0.39, 0.29) is 17.8 Å². The van der Waals surface area contributed by atoms with Gasteiger partial charge < -0.3 is 0 Å². The van der Waals surface area contributed by atoms with E-state index in [0.717, 1.165) is 5.56 Å². The molecule has 0 spiro atoms. The molecule has 116 valence electrons. The average Bonchev–Trinajstić information content (AvgIpc) is 2.63. The third-order valence-corrected chi connectivity index (χ3v) is 3.69. The first-order chi connectivity index (χ1) is 11.7. The summed E-state index contributed by atoms with van der Waals surface area (Å²) in [6, 6.07) is 19.9. The van der Waals surface area contributed by atoms with Crippen LogP contribution in [0.15, 0.2) is 72.3 Å². The average molecular weight is 333 g/mol. The monoisotopic (exact) mass is 332 g/mol. The summed E-state index contributed by atoms with van der Waals surface area (Å²) in [6.07, 6.45) is 3.07. The van der Waals surface area contributed by atoms with Crippen molar-refractivity contribution in [1.29, 1.82) is 10.5 Å². The summed E-state index contributed by atoms with van der Waals surface area (Å²) in [5.41, 5.74) is 2.10. The number of ketones is 1. The van der Waals surface area contributed by atoms with Gasteiger partial charge in [-0.25, -0.2) is 0 Å². The van der Waals surface area contributed by atoms with Crippen LogP contribution in [0.1, 0.15) is 21.5 Å². The first kappa shape index (κ1) is 17.2.